The normalized spacial score (nSPS) is 13.8. The molecule has 0 spiro atoms. The average molecular weight is 201 g/mol. The maximum Gasteiger partial charge on any atom is 0.305 e. The van der Waals surface area contributed by atoms with Gasteiger partial charge in [-0.1, -0.05) is 20.8 Å². The van der Waals surface area contributed by atoms with Gasteiger partial charge in [0.1, 0.15) is 0 Å². The molecule has 0 saturated carbocycles. The molecule has 0 aliphatic heterocycles. The highest BCUT2D eigenvalue weighted by molar-refractivity contribution is 5.69. The number of hydrogen-bond acceptors (Lipinski definition) is 3. The first kappa shape index (κ1) is 13.4. The van der Waals surface area contributed by atoms with Crippen molar-refractivity contribution in [3.63, 3.8) is 0 Å². The monoisotopic (exact) mass is 201 g/mol. The van der Waals surface area contributed by atoms with Crippen molar-refractivity contribution in [2.24, 2.45) is 17.1 Å². The van der Waals surface area contributed by atoms with E-state index in [1.807, 2.05) is 0 Å². The fraction of sp³-hybridized carbons (Fsp3) is 0.909. The quantitative estimate of drug-likeness (QED) is 0.692. The lowest BCUT2D eigenvalue weighted by Gasteiger charge is -2.30. The van der Waals surface area contributed by atoms with E-state index in [4.69, 9.17) is 5.73 Å². The molecule has 2 N–H and O–H groups in total. The molecule has 1 atom stereocenters. The smallest absolute Gasteiger partial charge is 0.305 e. The number of esters is 1. The number of ether oxygens (including phenoxy) is 1. The minimum atomic E-state index is -0.128. The molecular formula is C11H23NO2. The number of nitrogens with two attached hydrogens (primary N) is 1. The van der Waals surface area contributed by atoms with Gasteiger partial charge in [-0.05, 0) is 30.7 Å². The zero-order valence-corrected chi connectivity index (χ0v) is 9.80. The molecule has 0 aliphatic rings. The van der Waals surface area contributed by atoms with E-state index in [9.17, 15) is 4.79 Å². The summed E-state index contributed by atoms with van der Waals surface area (Å²) < 4.78 is 4.62. The first-order valence-electron chi connectivity index (χ1n) is 5.18. The molecular weight excluding hydrogens is 178 g/mol. The highest BCUT2D eigenvalue weighted by Crippen LogP contribution is 2.32. The Hall–Kier alpha value is -0.570. The first-order chi connectivity index (χ1) is 6.41. The summed E-state index contributed by atoms with van der Waals surface area (Å²) in [6.45, 7) is 7.24. The highest BCUT2D eigenvalue weighted by atomic mass is 16.5. The molecule has 0 heterocycles. The van der Waals surface area contributed by atoms with E-state index in [2.05, 4.69) is 25.5 Å². The second-order valence-corrected chi connectivity index (χ2v) is 4.76. The molecule has 0 rings (SSSR count). The summed E-state index contributed by atoms with van der Waals surface area (Å²) in [6.07, 6.45) is 2.34. The maximum absolute atomic E-state index is 11.0. The van der Waals surface area contributed by atoms with Crippen molar-refractivity contribution < 1.29 is 9.53 Å². The SMILES string of the molecule is COC(=O)CCC(CCN)C(C)(C)C. The van der Waals surface area contributed by atoms with Gasteiger partial charge < -0.3 is 10.5 Å². The van der Waals surface area contributed by atoms with Crippen molar-refractivity contribution in [1.82, 2.24) is 0 Å². The summed E-state index contributed by atoms with van der Waals surface area (Å²) >= 11 is 0. The van der Waals surface area contributed by atoms with Crippen molar-refractivity contribution in [3.8, 4) is 0 Å². The van der Waals surface area contributed by atoms with Crippen LogP contribution in [0.5, 0.6) is 0 Å². The van der Waals surface area contributed by atoms with Gasteiger partial charge in [0.15, 0.2) is 0 Å². The summed E-state index contributed by atoms with van der Waals surface area (Å²) in [6, 6.07) is 0. The van der Waals surface area contributed by atoms with E-state index < -0.39 is 0 Å². The van der Waals surface area contributed by atoms with Crippen LogP contribution in [-0.4, -0.2) is 19.6 Å². The van der Waals surface area contributed by atoms with Crippen LogP contribution in [0, 0.1) is 11.3 Å². The maximum atomic E-state index is 11.0. The molecule has 0 aromatic carbocycles. The fourth-order valence-electron chi connectivity index (χ4n) is 1.61. The Labute approximate surface area is 87.0 Å². The number of carbonyl (C=O) groups excluding carboxylic acids is 1. The van der Waals surface area contributed by atoms with Gasteiger partial charge in [-0.2, -0.15) is 0 Å². The summed E-state index contributed by atoms with van der Waals surface area (Å²) in [5.74, 6) is 0.364. The van der Waals surface area contributed by atoms with Crippen molar-refractivity contribution in [1.29, 1.82) is 0 Å². The lowest BCUT2D eigenvalue weighted by molar-refractivity contribution is -0.141. The van der Waals surface area contributed by atoms with Gasteiger partial charge in [-0.15, -0.1) is 0 Å². The van der Waals surface area contributed by atoms with E-state index in [0.29, 0.717) is 18.9 Å². The summed E-state index contributed by atoms with van der Waals surface area (Å²) in [5.41, 5.74) is 5.76. The zero-order chi connectivity index (χ0) is 11.2. The van der Waals surface area contributed by atoms with Crippen LogP contribution in [0.1, 0.15) is 40.0 Å². The van der Waals surface area contributed by atoms with Crippen molar-refractivity contribution in [2.45, 2.75) is 40.0 Å². The number of rotatable bonds is 5. The van der Waals surface area contributed by atoms with Crippen LogP contribution in [-0.2, 0) is 9.53 Å². The Morgan fingerprint density at radius 2 is 1.93 bits per heavy atom. The van der Waals surface area contributed by atoms with Crippen LogP contribution in [0.4, 0.5) is 0 Å². The predicted molar refractivity (Wildman–Crippen MR) is 57.9 cm³/mol. The molecule has 3 heteroatoms. The minimum Gasteiger partial charge on any atom is -0.469 e. The van der Waals surface area contributed by atoms with Crippen LogP contribution in [0.3, 0.4) is 0 Å². The Morgan fingerprint density at radius 1 is 1.36 bits per heavy atom. The van der Waals surface area contributed by atoms with Gasteiger partial charge in [-0.25, -0.2) is 0 Å². The number of methoxy groups -OCH3 is 1. The molecule has 0 bridgehead atoms. The van der Waals surface area contributed by atoms with Crippen LogP contribution >= 0.6 is 0 Å². The van der Waals surface area contributed by atoms with E-state index in [0.717, 1.165) is 12.8 Å². The molecule has 0 amide bonds. The Kier molecular flexibility index (Phi) is 5.77. The lowest BCUT2D eigenvalue weighted by Crippen LogP contribution is -2.24. The number of hydrogen-bond donors (Lipinski definition) is 1. The van der Waals surface area contributed by atoms with Gasteiger partial charge in [0.05, 0.1) is 7.11 Å². The van der Waals surface area contributed by atoms with E-state index >= 15 is 0 Å². The Balaban J connectivity index is 4.04. The largest absolute Gasteiger partial charge is 0.469 e. The minimum absolute atomic E-state index is 0.128. The number of carbonyl (C=O) groups is 1. The van der Waals surface area contributed by atoms with Gasteiger partial charge in [0.2, 0.25) is 0 Å². The van der Waals surface area contributed by atoms with Crippen molar-refractivity contribution in [2.75, 3.05) is 13.7 Å². The molecule has 84 valence electrons. The third-order valence-corrected chi connectivity index (χ3v) is 2.66. The topological polar surface area (TPSA) is 52.3 Å². The van der Waals surface area contributed by atoms with Crippen LogP contribution in [0.15, 0.2) is 0 Å². The second kappa shape index (κ2) is 6.02. The summed E-state index contributed by atoms with van der Waals surface area (Å²) in [4.78, 5) is 11.0. The molecule has 3 nitrogen and oxygen atoms in total. The average Bonchev–Trinajstić information content (AvgIpc) is 2.09. The lowest BCUT2D eigenvalue weighted by atomic mass is 9.76. The molecule has 0 aromatic rings. The van der Waals surface area contributed by atoms with E-state index in [1.165, 1.54) is 7.11 Å². The third-order valence-electron chi connectivity index (χ3n) is 2.66. The molecule has 0 radical (unpaired) electrons. The molecule has 0 fully saturated rings. The van der Waals surface area contributed by atoms with Gasteiger partial charge in [0, 0.05) is 6.42 Å². The standard InChI is InChI=1S/C11H23NO2/c1-11(2,3)9(7-8-12)5-6-10(13)14-4/h9H,5-8,12H2,1-4H3. The van der Waals surface area contributed by atoms with E-state index in [-0.39, 0.29) is 11.4 Å². The highest BCUT2D eigenvalue weighted by Gasteiger charge is 2.24. The molecule has 0 saturated heterocycles. The van der Waals surface area contributed by atoms with Crippen molar-refractivity contribution >= 4 is 5.97 Å². The fourth-order valence-corrected chi connectivity index (χ4v) is 1.61. The summed E-state index contributed by atoms with van der Waals surface area (Å²) in [7, 11) is 1.43. The van der Waals surface area contributed by atoms with Crippen LogP contribution < -0.4 is 5.73 Å². The second-order valence-electron chi connectivity index (χ2n) is 4.76. The van der Waals surface area contributed by atoms with Crippen LogP contribution in [0.2, 0.25) is 0 Å². The van der Waals surface area contributed by atoms with Gasteiger partial charge in [0.25, 0.3) is 0 Å². The molecule has 0 aliphatic carbocycles. The van der Waals surface area contributed by atoms with Gasteiger partial charge >= 0.3 is 5.97 Å². The predicted octanol–water partition coefficient (Wildman–Crippen LogP) is 1.95. The third kappa shape index (κ3) is 5.22. The van der Waals surface area contributed by atoms with E-state index in [1.54, 1.807) is 0 Å². The first-order valence-corrected chi connectivity index (χ1v) is 5.18. The van der Waals surface area contributed by atoms with Gasteiger partial charge in [-0.3, -0.25) is 4.79 Å². The molecule has 14 heavy (non-hydrogen) atoms. The Morgan fingerprint density at radius 3 is 2.29 bits per heavy atom. The Bertz CT molecular complexity index is 173. The summed E-state index contributed by atoms with van der Waals surface area (Å²) in [5, 5.41) is 0. The zero-order valence-electron chi connectivity index (χ0n) is 9.80. The van der Waals surface area contributed by atoms with Crippen LogP contribution in [0.25, 0.3) is 0 Å². The van der Waals surface area contributed by atoms with Crippen molar-refractivity contribution in [3.05, 3.63) is 0 Å². The molecule has 1 unspecified atom stereocenters. The molecule has 0 aromatic heterocycles.